The zero-order valence-corrected chi connectivity index (χ0v) is 18.0. The van der Waals surface area contributed by atoms with Crippen molar-refractivity contribution in [1.29, 1.82) is 0 Å². The molecule has 0 spiro atoms. The minimum Gasteiger partial charge on any atom is -0.372 e. The molecule has 1 aromatic carbocycles. The Kier molecular flexibility index (Phi) is 6.06. The molecule has 0 unspecified atom stereocenters. The first-order valence-corrected chi connectivity index (χ1v) is 11.1. The summed E-state index contributed by atoms with van der Waals surface area (Å²) in [5.74, 6) is 0.0879. The minimum atomic E-state index is 0.0381. The zero-order chi connectivity index (χ0) is 21.1. The van der Waals surface area contributed by atoms with Crippen molar-refractivity contribution < 1.29 is 9.59 Å². The maximum atomic E-state index is 13.0. The largest absolute Gasteiger partial charge is 0.372 e. The number of hydrogen-bond acceptors (Lipinski definition) is 4. The summed E-state index contributed by atoms with van der Waals surface area (Å²) in [6, 6.07) is 7.85. The number of benzene rings is 1. The van der Waals surface area contributed by atoms with Gasteiger partial charge in [0.1, 0.15) is 0 Å². The van der Waals surface area contributed by atoms with Crippen molar-refractivity contribution >= 4 is 17.5 Å². The minimum absolute atomic E-state index is 0.0381. The molecule has 3 heterocycles. The van der Waals surface area contributed by atoms with Crippen molar-refractivity contribution in [3.8, 4) is 0 Å². The van der Waals surface area contributed by atoms with Gasteiger partial charge in [0.25, 0.3) is 11.8 Å². The predicted molar refractivity (Wildman–Crippen MR) is 117 cm³/mol. The van der Waals surface area contributed by atoms with Gasteiger partial charge < -0.3 is 14.7 Å². The number of piperazine rings is 1. The third-order valence-electron chi connectivity index (χ3n) is 6.31. The Morgan fingerprint density at radius 2 is 1.53 bits per heavy atom. The second-order valence-electron chi connectivity index (χ2n) is 7.99. The van der Waals surface area contributed by atoms with Gasteiger partial charge in [0.15, 0.2) is 0 Å². The lowest BCUT2D eigenvalue weighted by Gasteiger charge is -2.35. The molecule has 0 radical (unpaired) electrons. The van der Waals surface area contributed by atoms with E-state index in [0.717, 1.165) is 55.8 Å². The highest BCUT2D eigenvalue weighted by molar-refractivity contribution is 5.96. The van der Waals surface area contributed by atoms with E-state index in [1.54, 1.807) is 6.20 Å². The third-order valence-corrected chi connectivity index (χ3v) is 6.31. The molecule has 0 aliphatic carbocycles. The van der Waals surface area contributed by atoms with Gasteiger partial charge in [-0.25, -0.2) is 0 Å². The number of hydrogen-bond donors (Lipinski definition) is 0. The Hall–Kier alpha value is -2.83. The summed E-state index contributed by atoms with van der Waals surface area (Å²) < 4.78 is 1.97. The van der Waals surface area contributed by atoms with E-state index in [0.29, 0.717) is 31.7 Å². The van der Waals surface area contributed by atoms with Gasteiger partial charge in [-0.05, 0) is 57.4 Å². The molecule has 0 atom stereocenters. The summed E-state index contributed by atoms with van der Waals surface area (Å²) in [6.07, 6.45) is 4.88. The van der Waals surface area contributed by atoms with Gasteiger partial charge >= 0.3 is 0 Å². The van der Waals surface area contributed by atoms with Gasteiger partial charge in [-0.3, -0.25) is 14.3 Å². The summed E-state index contributed by atoms with van der Waals surface area (Å²) in [6.45, 7) is 9.29. The smallest absolute Gasteiger partial charge is 0.257 e. The molecule has 160 valence electrons. The van der Waals surface area contributed by atoms with Crippen LogP contribution in [0.25, 0.3) is 0 Å². The fourth-order valence-electron chi connectivity index (χ4n) is 4.47. The van der Waals surface area contributed by atoms with Gasteiger partial charge in [-0.15, -0.1) is 0 Å². The molecule has 30 heavy (non-hydrogen) atoms. The lowest BCUT2D eigenvalue weighted by Crippen LogP contribution is -2.50. The topological polar surface area (TPSA) is 61.7 Å². The first-order chi connectivity index (χ1) is 14.6. The van der Waals surface area contributed by atoms with Crippen LogP contribution in [0.15, 0.2) is 30.5 Å². The van der Waals surface area contributed by atoms with Crippen LogP contribution < -0.4 is 4.90 Å². The standard InChI is InChI=1S/C23H31N5O2/c1-3-25(4-2)19-10-8-18(9-11-19)22(29)26-13-15-27(16-14-26)23(30)20-17-24-28-12-6-5-7-21(20)28/h8-11,17H,3-7,12-16H2,1-2H3. The molecule has 1 fully saturated rings. The van der Waals surface area contributed by atoms with E-state index < -0.39 is 0 Å². The van der Waals surface area contributed by atoms with E-state index in [2.05, 4.69) is 23.8 Å². The highest BCUT2D eigenvalue weighted by Crippen LogP contribution is 2.21. The molecule has 2 amide bonds. The summed E-state index contributed by atoms with van der Waals surface area (Å²) in [5.41, 5.74) is 3.65. The normalized spacial score (nSPS) is 16.3. The van der Waals surface area contributed by atoms with Crippen LogP contribution in [0.1, 0.15) is 53.1 Å². The van der Waals surface area contributed by atoms with Crippen LogP contribution in [0.4, 0.5) is 5.69 Å². The summed E-state index contributed by atoms with van der Waals surface area (Å²) in [4.78, 5) is 31.9. The second-order valence-corrected chi connectivity index (χ2v) is 7.99. The van der Waals surface area contributed by atoms with Crippen molar-refractivity contribution in [2.24, 2.45) is 0 Å². The molecule has 2 aromatic rings. The molecule has 7 heteroatoms. The maximum Gasteiger partial charge on any atom is 0.257 e. The van der Waals surface area contributed by atoms with Gasteiger partial charge in [-0.2, -0.15) is 5.10 Å². The Balaban J connectivity index is 1.36. The summed E-state index contributed by atoms with van der Waals surface area (Å²) in [5, 5.41) is 4.39. The number of carbonyl (C=O) groups is 2. The number of amides is 2. The average molecular weight is 410 g/mol. The van der Waals surface area contributed by atoms with Crippen LogP contribution in [0.2, 0.25) is 0 Å². The number of aromatic nitrogens is 2. The number of fused-ring (bicyclic) bond motifs is 1. The Morgan fingerprint density at radius 3 is 2.17 bits per heavy atom. The molecular weight excluding hydrogens is 378 g/mol. The first kappa shape index (κ1) is 20.4. The van der Waals surface area contributed by atoms with Crippen molar-refractivity contribution in [3.63, 3.8) is 0 Å². The van der Waals surface area contributed by atoms with Gasteiger partial charge in [0.05, 0.1) is 17.5 Å². The van der Waals surface area contributed by atoms with Crippen molar-refractivity contribution in [1.82, 2.24) is 19.6 Å². The number of nitrogens with zero attached hydrogens (tertiary/aromatic N) is 5. The van der Waals surface area contributed by atoms with Gasteiger partial charge in [0, 0.05) is 57.1 Å². The SMILES string of the molecule is CCN(CC)c1ccc(C(=O)N2CCN(C(=O)c3cnn4c3CCCC4)CC2)cc1. The molecule has 2 aliphatic rings. The van der Waals surface area contributed by atoms with Crippen LogP contribution >= 0.6 is 0 Å². The van der Waals surface area contributed by atoms with E-state index in [1.165, 1.54) is 0 Å². The maximum absolute atomic E-state index is 13.0. The number of carbonyl (C=O) groups excluding carboxylic acids is 2. The van der Waals surface area contributed by atoms with Crippen LogP contribution in [0.5, 0.6) is 0 Å². The average Bonchev–Trinajstić information content (AvgIpc) is 3.24. The van der Waals surface area contributed by atoms with E-state index in [4.69, 9.17) is 0 Å². The third kappa shape index (κ3) is 3.93. The summed E-state index contributed by atoms with van der Waals surface area (Å²) >= 11 is 0. The summed E-state index contributed by atoms with van der Waals surface area (Å²) in [7, 11) is 0. The lowest BCUT2D eigenvalue weighted by molar-refractivity contribution is 0.0534. The molecule has 1 aromatic heterocycles. The predicted octanol–water partition coefficient (Wildman–Crippen LogP) is 2.66. The van der Waals surface area contributed by atoms with Crippen LogP contribution in [0.3, 0.4) is 0 Å². The Morgan fingerprint density at radius 1 is 0.900 bits per heavy atom. The molecule has 7 nitrogen and oxygen atoms in total. The molecule has 4 rings (SSSR count). The Bertz CT molecular complexity index is 893. The highest BCUT2D eigenvalue weighted by Gasteiger charge is 2.28. The quantitative estimate of drug-likeness (QED) is 0.762. The molecule has 2 aliphatic heterocycles. The van der Waals surface area contributed by atoms with E-state index in [1.807, 2.05) is 38.7 Å². The van der Waals surface area contributed by atoms with Crippen molar-refractivity contribution in [3.05, 3.63) is 47.3 Å². The zero-order valence-electron chi connectivity index (χ0n) is 18.0. The first-order valence-electron chi connectivity index (χ1n) is 11.1. The monoisotopic (exact) mass is 409 g/mol. The molecule has 1 saturated heterocycles. The molecule has 0 saturated carbocycles. The fraction of sp³-hybridized carbons (Fsp3) is 0.522. The van der Waals surface area contributed by atoms with Gasteiger partial charge in [-0.1, -0.05) is 0 Å². The molecule has 0 N–H and O–H groups in total. The molecular formula is C23H31N5O2. The Labute approximate surface area is 178 Å². The van der Waals surface area contributed by atoms with E-state index >= 15 is 0 Å². The van der Waals surface area contributed by atoms with Crippen molar-refractivity contribution in [2.75, 3.05) is 44.2 Å². The molecule has 0 bridgehead atoms. The second kappa shape index (κ2) is 8.90. The van der Waals surface area contributed by atoms with Crippen LogP contribution in [-0.4, -0.2) is 70.7 Å². The number of rotatable bonds is 5. The van der Waals surface area contributed by atoms with Crippen LogP contribution in [-0.2, 0) is 13.0 Å². The fourth-order valence-corrected chi connectivity index (χ4v) is 4.47. The van der Waals surface area contributed by atoms with Crippen LogP contribution in [0, 0.1) is 0 Å². The number of aryl methyl sites for hydroxylation is 1. The van der Waals surface area contributed by atoms with Crippen molar-refractivity contribution in [2.45, 2.75) is 39.7 Å². The van der Waals surface area contributed by atoms with E-state index in [9.17, 15) is 9.59 Å². The lowest BCUT2D eigenvalue weighted by atomic mass is 10.1. The van der Waals surface area contributed by atoms with E-state index in [-0.39, 0.29) is 11.8 Å². The highest BCUT2D eigenvalue weighted by atomic mass is 16.2. The number of anilines is 1. The van der Waals surface area contributed by atoms with Gasteiger partial charge in [0.2, 0.25) is 0 Å².